The van der Waals surface area contributed by atoms with E-state index in [1.807, 2.05) is 0 Å². The largest absolute Gasteiger partial charge is 0.383 e. The minimum Gasteiger partial charge on any atom is -0.383 e. The van der Waals surface area contributed by atoms with E-state index in [0.29, 0.717) is 29.2 Å². The molecule has 0 amide bonds. The predicted molar refractivity (Wildman–Crippen MR) is 99.3 cm³/mol. The van der Waals surface area contributed by atoms with Gasteiger partial charge in [0.25, 0.3) is 5.56 Å². The topological polar surface area (TPSA) is 61.2 Å². The minimum atomic E-state index is -0.554. The van der Waals surface area contributed by atoms with Gasteiger partial charge < -0.3 is 4.74 Å². The van der Waals surface area contributed by atoms with E-state index in [9.17, 15) is 14.0 Å². The molecule has 26 heavy (non-hydrogen) atoms. The van der Waals surface area contributed by atoms with Gasteiger partial charge in [0.15, 0.2) is 10.9 Å². The standard InChI is InChI=1S/C19H17FN2O3S/c1-25-11-10-22-18(24)14-7-3-5-9-16(14)21-19(22)26-12-17(23)13-6-2-4-8-15(13)20/h2-9H,10-12H2,1H3. The van der Waals surface area contributed by atoms with Crippen LogP contribution in [0.2, 0.25) is 0 Å². The molecule has 2 aromatic carbocycles. The Bertz CT molecular complexity index is 1000. The van der Waals surface area contributed by atoms with Crippen LogP contribution >= 0.6 is 11.8 Å². The van der Waals surface area contributed by atoms with E-state index in [1.54, 1.807) is 37.4 Å². The molecule has 0 spiro atoms. The number of carbonyl (C=O) groups excluding carboxylic acids is 1. The molecule has 0 fully saturated rings. The van der Waals surface area contributed by atoms with Crippen LogP contribution in [-0.2, 0) is 11.3 Å². The molecule has 7 heteroatoms. The van der Waals surface area contributed by atoms with Crippen molar-refractivity contribution in [1.29, 1.82) is 0 Å². The average molecular weight is 372 g/mol. The van der Waals surface area contributed by atoms with Crippen LogP contribution in [0, 0.1) is 5.82 Å². The number of aromatic nitrogens is 2. The van der Waals surface area contributed by atoms with Crippen molar-refractivity contribution < 1.29 is 13.9 Å². The Hall–Kier alpha value is -2.51. The van der Waals surface area contributed by atoms with Crippen LogP contribution in [0.1, 0.15) is 10.4 Å². The molecule has 0 unspecified atom stereocenters. The van der Waals surface area contributed by atoms with E-state index in [-0.39, 0.29) is 22.7 Å². The molecule has 3 rings (SSSR count). The van der Waals surface area contributed by atoms with Gasteiger partial charge in [-0.15, -0.1) is 0 Å². The minimum absolute atomic E-state index is 0.0152. The number of hydrogen-bond acceptors (Lipinski definition) is 5. The summed E-state index contributed by atoms with van der Waals surface area (Å²) in [7, 11) is 1.55. The first-order chi connectivity index (χ1) is 12.6. The van der Waals surface area contributed by atoms with Crippen LogP contribution in [0.3, 0.4) is 0 Å². The number of ketones is 1. The summed E-state index contributed by atoms with van der Waals surface area (Å²) in [6.07, 6.45) is 0. The number of thioether (sulfide) groups is 1. The number of nitrogens with zero attached hydrogens (tertiary/aromatic N) is 2. The normalized spacial score (nSPS) is 11.0. The number of Topliss-reactive ketones (excluding diaryl/α,β-unsaturated/α-hetero) is 1. The Morgan fingerprint density at radius 1 is 1.19 bits per heavy atom. The highest BCUT2D eigenvalue weighted by atomic mass is 32.2. The summed E-state index contributed by atoms with van der Waals surface area (Å²) in [6.45, 7) is 0.665. The van der Waals surface area contributed by atoms with Crippen molar-refractivity contribution in [2.75, 3.05) is 19.5 Å². The van der Waals surface area contributed by atoms with Gasteiger partial charge in [0, 0.05) is 7.11 Å². The second-order valence-electron chi connectivity index (χ2n) is 5.55. The third kappa shape index (κ3) is 3.84. The molecule has 1 aromatic heterocycles. The lowest BCUT2D eigenvalue weighted by molar-refractivity contribution is 0.101. The summed E-state index contributed by atoms with van der Waals surface area (Å²) in [5.41, 5.74) is 0.409. The van der Waals surface area contributed by atoms with Gasteiger partial charge >= 0.3 is 0 Å². The number of methoxy groups -OCH3 is 1. The zero-order chi connectivity index (χ0) is 18.5. The molecule has 1 heterocycles. The number of benzene rings is 2. The first-order valence-electron chi connectivity index (χ1n) is 8.01. The van der Waals surface area contributed by atoms with Crippen LogP contribution in [-0.4, -0.2) is 34.8 Å². The highest BCUT2D eigenvalue weighted by molar-refractivity contribution is 7.99. The zero-order valence-corrected chi connectivity index (χ0v) is 15.0. The van der Waals surface area contributed by atoms with E-state index in [0.717, 1.165) is 11.8 Å². The van der Waals surface area contributed by atoms with E-state index in [4.69, 9.17) is 4.74 Å². The highest BCUT2D eigenvalue weighted by Crippen LogP contribution is 2.20. The Balaban J connectivity index is 1.92. The van der Waals surface area contributed by atoms with Gasteiger partial charge in [-0.25, -0.2) is 9.37 Å². The van der Waals surface area contributed by atoms with Gasteiger partial charge in [0.2, 0.25) is 0 Å². The Labute approximate surface area is 153 Å². The molecule has 0 saturated carbocycles. The molecule has 0 radical (unpaired) electrons. The van der Waals surface area contributed by atoms with E-state index >= 15 is 0 Å². The fraction of sp³-hybridized carbons (Fsp3) is 0.211. The number of halogens is 1. The van der Waals surface area contributed by atoms with Crippen molar-refractivity contribution in [3.8, 4) is 0 Å². The van der Waals surface area contributed by atoms with Crippen LogP contribution < -0.4 is 5.56 Å². The molecule has 0 atom stereocenters. The van der Waals surface area contributed by atoms with Gasteiger partial charge in [-0.05, 0) is 24.3 Å². The molecule has 3 aromatic rings. The number of hydrogen-bond donors (Lipinski definition) is 0. The van der Waals surface area contributed by atoms with Gasteiger partial charge in [-0.2, -0.15) is 0 Å². The van der Waals surface area contributed by atoms with Gasteiger partial charge in [0.1, 0.15) is 5.82 Å². The third-order valence-corrected chi connectivity index (χ3v) is 4.83. The molecule has 0 N–H and O–H groups in total. The first-order valence-corrected chi connectivity index (χ1v) is 8.99. The van der Waals surface area contributed by atoms with Gasteiger partial charge in [-0.1, -0.05) is 36.0 Å². The Kier molecular flexibility index (Phi) is 5.80. The second kappa shape index (κ2) is 8.25. The highest BCUT2D eigenvalue weighted by Gasteiger charge is 2.15. The summed E-state index contributed by atoms with van der Waals surface area (Å²) in [4.78, 5) is 29.5. The van der Waals surface area contributed by atoms with Crippen molar-refractivity contribution in [2.24, 2.45) is 0 Å². The smallest absolute Gasteiger partial charge is 0.262 e. The predicted octanol–water partition coefficient (Wildman–Crippen LogP) is 3.16. The van der Waals surface area contributed by atoms with Gasteiger partial charge in [0.05, 0.1) is 35.4 Å². The molecule has 0 aliphatic rings. The lowest BCUT2D eigenvalue weighted by Gasteiger charge is -2.12. The first kappa shape index (κ1) is 18.3. The summed E-state index contributed by atoms with van der Waals surface area (Å²) in [5, 5.41) is 0.920. The van der Waals surface area contributed by atoms with Crippen molar-refractivity contribution in [3.05, 3.63) is 70.3 Å². The lowest BCUT2D eigenvalue weighted by atomic mass is 10.1. The fourth-order valence-electron chi connectivity index (χ4n) is 2.53. The van der Waals surface area contributed by atoms with E-state index < -0.39 is 5.82 Å². The summed E-state index contributed by atoms with van der Waals surface area (Å²) >= 11 is 1.12. The number of carbonyl (C=O) groups is 1. The Morgan fingerprint density at radius 3 is 2.69 bits per heavy atom. The van der Waals surface area contributed by atoms with Gasteiger partial charge in [-0.3, -0.25) is 14.2 Å². The molecule has 0 aliphatic carbocycles. The maximum absolute atomic E-state index is 13.8. The third-order valence-electron chi connectivity index (χ3n) is 3.85. The van der Waals surface area contributed by atoms with Crippen LogP contribution in [0.4, 0.5) is 4.39 Å². The molecular formula is C19H17FN2O3S. The maximum Gasteiger partial charge on any atom is 0.262 e. The van der Waals surface area contributed by atoms with E-state index in [1.165, 1.54) is 22.8 Å². The van der Waals surface area contributed by atoms with Crippen molar-refractivity contribution in [1.82, 2.24) is 9.55 Å². The fourth-order valence-corrected chi connectivity index (χ4v) is 3.44. The summed E-state index contributed by atoms with van der Waals surface area (Å²) in [6, 6.07) is 12.9. The maximum atomic E-state index is 13.8. The van der Waals surface area contributed by atoms with Crippen molar-refractivity contribution in [2.45, 2.75) is 11.7 Å². The molecule has 0 aliphatic heterocycles. The van der Waals surface area contributed by atoms with Crippen molar-refractivity contribution >= 4 is 28.4 Å². The van der Waals surface area contributed by atoms with Crippen molar-refractivity contribution in [3.63, 3.8) is 0 Å². The molecule has 0 saturated heterocycles. The lowest BCUT2D eigenvalue weighted by Crippen LogP contribution is -2.25. The average Bonchev–Trinajstić information content (AvgIpc) is 2.66. The number of para-hydroxylation sites is 1. The van der Waals surface area contributed by atoms with Crippen LogP contribution in [0.15, 0.2) is 58.5 Å². The second-order valence-corrected chi connectivity index (χ2v) is 6.50. The number of rotatable bonds is 7. The molecule has 134 valence electrons. The zero-order valence-electron chi connectivity index (χ0n) is 14.1. The van der Waals surface area contributed by atoms with Crippen LogP contribution in [0.25, 0.3) is 10.9 Å². The SMILES string of the molecule is COCCn1c(SCC(=O)c2ccccc2F)nc2ccccc2c1=O. The van der Waals surface area contributed by atoms with Crippen LogP contribution in [0.5, 0.6) is 0 Å². The molecule has 0 bridgehead atoms. The molecular weight excluding hydrogens is 355 g/mol. The molecule has 5 nitrogen and oxygen atoms in total. The summed E-state index contributed by atoms with van der Waals surface area (Å²) in [5.74, 6) is -0.922. The number of ether oxygens (including phenoxy) is 1. The van der Waals surface area contributed by atoms with E-state index in [2.05, 4.69) is 4.98 Å². The monoisotopic (exact) mass is 372 g/mol. The number of fused-ring (bicyclic) bond motifs is 1. The summed E-state index contributed by atoms with van der Waals surface area (Å²) < 4.78 is 20.3. The Morgan fingerprint density at radius 2 is 1.92 bits per heavy atom. The quantitative estimate of drug-likeness (QED) is 0.362.